The average molecular weight is 475 g/mol. The van der Waals surface area contributed by atoms with Crippen molar-refractivity contribution < 1.29 is 14.0 Å². The summed E-state index contributed by atoms with van der Waals surface area (Å²) in [5, 5.41) is 3.04. The Labute approximate surface area is 208 Å². The number of hydrogen-bond acceptors (Lipinski definition) is 2. The number of amides is 2. The highest BCUT2D eigenvalue weighted by Gasteiger charge is 2.31. The number of nitrogens with zero attached hydrogens (tertiary/aromatic N) is 1. The van der Waals surface area contributed by atoms with E-state index in [4.69, 9.17) is 0 Å². The second-order valence-corrected chi connectivity index (χ2v) is 9.31. The maximum absolute atomic E-state index is 14.7. The van der Waals surface area contributed by atoms with Gasteiger partial charge in [0.15, 0.2) is 0 Å². The molecule has 0 aromatic heterocycles. The van der Waals surface area contributed by atoms with Crippen LogP contribution in [0.5, 0.6) is 0 Å². The Bertz CT molecular complexity index is 1130. The molecule has 2 amide bonds. The second-order valence-electron chi connectivity index (χ2n) is 9.31. The normalized spacial score (nSPS) is 12.6. The molecule has 0 fully saturated rings. The van der Waals surface area contributed by atoms with Gasteiger partial charge in [0.2, 0.25) is 11.8 Å². The largest absolute Gasteiger partial charge is 0.352 e. The van der Waals surface area contributed by atoms with E-state index in [9.17, 15) is 14.0 Å². The van der Waals surface area contributed by atoms with Crippen LogP contribution in [0.1, 0.15) is 48.1 Å². The summed E-state index contributed by atoms with van der Waals surface area (Å²) in [7, 11) is 0. The third-order valence-electron chi connectivity index (χ3n) is 6.21. The Kier molecular flexibility index (Phi) is 9.18. The Balaban J connectivity index is 2.00. The molecule has 0 aliphatic heterocycles. The molecule has 0 unspecified atom stereocenters. The van der Waals surface area contributed by atoms with E-state index in [-0.39, 0.29) is 30.8 Å². The number of carbonyl (C=O) groups is 2. The van der Waals surface area contributed by atoms with Crippen LogP contribution >= 0.6 is 0 Å². The van der Waals surface area contributed by atoms with Gasteiger partial charge in [-0.15, -0.1) is 0 Å². The highest BCUT2D eigenvalue weighted by atomic mass is 19.1. The fourth-order valence-electron chi connectivity index (χ4n) is 4.25. The lowest BCUT2D eigenvalue weighted by Crippen LogP contribution is -2.52. The number of halogens is 1. The Morgan fingerprint density at radius 3 is 2.17 bits per heavy atom. The van der Waals surface area contributed by atoms with Gasteiger partial charge in [-0.25, -0.2) is 4.39 Å². The van der Waals surface area contributed by atoms with Crippen molar-refractivity contribution in [2.24, 2.45) is 0 Å². The Hall–Kier alpha value is -3.47. The number of benzene rings is 3. The van der Waals surface area contributed by atoms with Crippen LogP contribution in [0.15, 0.2) is 72.8 Å². The number of aryl methyl sites for hydroxylation is 2. The molecule has 0 heterocycles. The standard InChI is InChI=1S/C30H35FN2O2/c1-5-23(4)32-30(35)28(18-24-11-7-6-8-12-24)33(20-26-13-9-10-14-27(26)31)29(34)19-25-16-21(2)15-22(3)17-25/h6-17,23,28H,5,18-20H2,1-4H3,(H,32,35)/t23-,28-/m1/s1. The summed E-state index contributed by atoms with van der Waals surface area (Å²) < 4.78 is 14.7. The lowest BCUT2D eigenvalue weighted by Gasteiger charge is -2.32. The minimum atomic E-state index is -0.774. The minimum absolute atomic E-state index is 0.0156. The Morgan fingerprint density at radius 1 is 0.914 bits per heavy atom. The molecule has 35 heavy (non-hydrogen) atoms. The van der Waals surface area contributed by atoms with Gasteiger partial charge in [-0.2, -0.15) is 0 Å². The van der Waals surface area contributed by atoms with Gasteiger partial charge in [0.1, 0.15) is 11.9 Å². The fourth-order valence-corrected chi connectivity index (χ4v) is 4.25. The smallest absolute Gasteiger partial charge is 0.243 e. The van der Waals surface area contributed by atoms with Crippen LogP contribution in [-0.2, 0) is 29.0 Å². The molecule has 2 atom stereocenters. The quantitative estimate of drug-likeness (QED) is 0.419. The molecule has 184 valence electrons. The summed E-state index contributed by atoms with van der Waals surface area (Å²) in [6.45, 7) is 7.95. The SMILES string of the molecule is CC[C@@H](C)NC(=O)[C@@H](Cc1ccccc1)N(Cc1ccccc1F)C(=O)Cc1cc(C)cc(C)c1. The van der Waals surface area contributed by atoms with Gasteiger partial charge < -0.3 is 10.2 Å². The highest BCUT2D eigenvalue weighted by molar-refractivity contribution is 5.89. The van der Waals surface area contributed by atoms with Gasteiger partial charge in [0.05, 0.1) is 6.42 Å². The summed E-state index contributed by atoms with van der Waals surface area (Å²) in [5.41, 5.74) is 4.35. The maximum Gasteiger partial charge on any atom is 0.243 e. The molecule has 1 N–H and O–H groups in total. The van der Waals surface area contributed by atoms with Gasteiger partial charge in [0.25, 0.3) is 0 Å². The zero-order valence-electron chi connectivity index (χ0n) is 21.1. The molecule has 0 aliphatic carbocycles. The highest BCUT2D eigenvalue weighted by Crippen LogP contribution is 2.19. The van der Waals surface area contributed by atoms with E-state index in [1.807, 2.05) is 70.2 Å². The average Bonchev–Trinajstić information content (AvgIpc) is 2.82. The van der Waals surface area contributed by atoms with E-state index >= 15 is 0 Å². The summed E-state index contributed by atoms with van der Waals surface area (Å²) >= 11 is 0. The van der Waals surface area contributed by atoms with Crippen molar-refractivity contribution in [2.75, 3.05) is 0 Å². The second kappa shape index (κ2) is 12.3. The summed E-state index contributed by atoms with van der Waals surface area (Å²) in [6.07, 6.45) is 1.25. The molecular weight excluding hydrogens is 439 g/mol. The van der Waals surface area contributed by atoms with Crippen LogP contribution in [0, 0.1) is 19.7 Å². The van der Waals surface area contributed by atoms with Crippen molar-refractivity contribution in [2.45, 2.75) is 65.6 Å². The molecule has 3 rings (SSSR count). The zero-order chi connectivity index (χ0) is 25.4. The summed E-state index contributed by atoms with van der Waals surface area (Å²) in [6, 6.07) is 21.3. The van der Waals surface area contributed by atoms with E-state index < -0.39 is 11.9 Å². The van der Waals surface area contributed by atoms with Crippen molar-refractivity contribution in [1.82, 2.24) is 10.2 Å². The first-order valence-electron chi connectivity index (χ1n) is 12.2. The van der Waals surface area contributed by atoms with Crippen LogP contribution in [0.2, 0.25) is 0 Å². The maximum atomic E-state index is 14.7. The van der Waals surface area contributed by atoms with Crippen LogP contribution in [0.3, 0.4) is 0 Å². The van der Waals surface area contributed by atoms with E-state index in [1.165, 1.54) is 6.07 Å². The number of carbonyl (C=O) groups excluding carboxylic acids is 2. The molecule has 0 spiro atoms. The molecule has 0 saturated carbocycles. The van der Waals surface area contributed by atoms with E-state index in [2.05, 4.69) is 11.4 Å². The minimum Gasteiger partial charge on any atom is -0.352 e. The molecule has 0 radical (unpaired) electrons. The predicted octanol–water partition coefficient (Wildman–Crippen LogP) is 5.54. The lowest BCUT2D eigenvalue weighted by atomic mass is 10.00. The molecule has 4 nitrogen and oxygen atoms in total. The molecule has 3 aromatic rings. The molecule has 0 bridgehead atoms. The lowest BCUT2D eigenvalue weighted by molar-refractivity contribution is -0.141. The van der Waals surface area contributed by atoms with Gasteiger partial charge in [0, 0.05) is 24.6 Å². The van der Waals surface area contributed by atoms with Gasteiger partial charge in [-0.1, -0.05) is 84.8 Å². The zero-order valence-corrected chi connectivity index (χ0v) is 21.1. The van der Waals surface area contributed by atoms with Crippen LogP contribution in [0.4, 0.5) is 4.39 Å². The van der Waals surface area contributed by atoms with Crippen molar-refractivity contribution in [3.8, 4) is 0 Å². The van der Waals surface area contributed by atoms with Gasteiger partial charge in [-0.3, -0.25) is 9.59 Å². The third kappa shape index (κ3) is 7.51. The topological polar surface area (TPSA) is 49.4 Å². The summed E-state index contributed by atoms with van der Waals surface area (Å²) in [4.78, 5) is 28.8. The first kappa shape index (κ1) is 26.1. The monoisotopic (exact) mass is 474 g/mol. The first-order valence-corrected chi connectivity index (χ1v) is 12.2. The van der Waals surface area contributed by atoms with Gasteiger partial charge in [-0.05, 0) is 44.4 Å². The molecule has 0 saturated heterocycles. The molecule has 5 heteroatoms. The molecule has 3 aromatic carbocycles. The Morgan fingerprint density at radius 2 is 1.54 bits per heavy atom. The van der Waals surface area contributed by atoms with E-state index in [1.54, 1.807) is 23.1 Å². The third-order valence-corrected chi connectivity index (χ3v) is 6.21. The van der Waals surface area contributed by atoms with Crippen molar-refractivity contribution >= 4 is 11.8 Å². The number of rotatable bonds is 10. The first-order chi connectivity index (χ1) is 16.8. The summed E-state index contributed by atoms with van der Waals surface area (Å²) in [5.74, 6) is -0.829. The van der Waals surface area contributed by atoms with Crippen molar-refractivity contribution in [1.29, 1.82) is 0 Å². The van der Waals surface area contributed by atoms with Gasteiger partial charge >= 0.3 is 0 Å². The van der Waals surface area contributed by atoms with Crippen LogP contribution < -0.4 is 5.32 Å². The van der Waals surface area contributed by atoms with E-state index in [0.29, 0.717) is 12.0 Å². The van der Waals surface area contributed by atoms with E-state index in [0.717, 1.165) is 28.7 Å². The number of nitrogens with one attached hydrogen (secondary N) is 1. The van der Waals surface area contributed by atoms with Crippen molar-refractivity contribution in [3.05, 3.63) is 106 Å². The number of hydrogen-bond donors (Lipinski definition) is 1. The molecular formula is C30H35FN2O2. The fraction of sp³-hybridized carbons (Fsp3) is 0.333. The predicted molar refractivity (Wildman–Crippen MR) is 138 cm³/mol. The van der Waals surface area contributed by atoms with Crippen molar-refractivity contribution in [3.63, 3.8) is 0 Å². The molecule has 0 aliphatic rings. The van der Waals surface area contributed by atoms with Crippen LogP contribution in [0.25, 0.3) is 0 Å². The van der Waals surface area contributed by atoms with Crippen LogP contribution in [-0.4, -0.2) is 28.8 Å².